The number of carbonyl (C=O) groups excluding carboxylic acids is 1. The van der Waals surface area contributed by atoms with Gasteiger partial charge < -0.3 is 35.2 Å². The maximum atomic E-state index is 13.1. The van der Waals surface area contributed by atoms with Crippen molar-refractivity contribution in [2.24, 2.45) is 0 Å². The number of nitrogens with one attached hydrogen (secondary N) is 1. The van der Waals surface area contributed by atoms with Crippen LogP contribution in [0, 0.1) is 0 Å². The number of unbranched alkanes of at least 4 members (excludes halogenated alkanes) is 32. The van der Waals surface area contributed by atoms with E-state index in [-0.39, 0.29) is 12.5 Å². The molecule has 0 radical (unpaired) electrons. The fraction of sp³-hybridized carbons (Fsp3) is 0.907. The number of rotatable bonds is 48. The summed E-state index contributed by atoms with van der Waals surface area (Å²) in [5, 5.41) is 44.8. The van der Waals surface area contributed by atoms with Crippen LogP contribution >= 0.6 is 0 Å². The van der Waals surface area contributed by atoms with E-state index in [4.69, 9.17) is 9.47 Å². The van der Waals surface area contributed by atoms with Crippen LogP contribution in [-0.4, -0.2) is 95.4 Å². The van der Waals surface area contributed by atoms with Gasteiger partial charge in [-0.25, -0.2) is 4.18 Å². The molecule has 1 amide bonds. The first kappa shape index (κ1) is 63.6. The van der Waals surface area contributed by atoms with Crippen LogP contribution in [0.4, 0.5) is 0 Å². The Kier molecular flexibility index (Phi) is 42.3. The summed E-state index contributed by atoms with van der Waals surface area (Å²) in [6.07, 6.45) is 45.1. The predicted molar refractivity (Wildman–Crippen MR) is 273 cm³/mol. The van der Waals surface area contributed by atoms with Gasteiger partial charge in [-0.3, -0.25) is 9.35 Å². The minimum absolute atomic E-state index is 0.230. The van der Waals surface area contributed by atoms with Crippen LogP contribution in [-0.2, 0) is 28.9 Å². The monoisotopic (exact) mass is 974 g/mol. The average Bonchev–Trinajstić information content (AvgIpc) is 3.30. The smallest absolute Gasteiger partial charge is 0.394 e. The van der Waals surface area contributed by atoms with Crippen molar-refractivity contribution in [1.82, 2.24) is 5.32 Å². The Morgan fingerprint density at radius 3 is 1.42 bits per heavy atom. The second kappa shape index (κ2) is 44.5. The molecule has 396 valence electrons. The lowest BCUT2D eigenvalue weighted by molar-refractivity contribution is -0.298. The molecule has 1 heterocycles. The minimum Gasteiger partial charge on any atom is -0.394 e. The molecule has 0 aliphatic carbocycles. The minimum atomic E-state index is -5.07. The lowest BCUT2D eigenvalue weighted by Crippen LogP contribution is -2.61. The highest BCUT2D eigenvalue weighted by Gasteiger charge is 2.48. The van der Waals surface area contributed by atoms with E-state index >= 15 is 0 Å². The summed E-state index contributed by atoms with van der Waals surface area (Å²) in [5.74, 6) is -0.230. The van der Waals surface area contributed by atoms with Crippen LogP contribution in [0.1, 0.15) is 258 Å². The van der Waals surface area contributed by atoms with Gasteiger partial charge in [0, 0.05) is 6.42 Å². The van der Waals surface area contributed by atoms with E-state index in [1.165, 1.54) is 173 Å². The molecule has 0 aromatic rings. The highest BCUT2D eigenvalue weighted by Crippen LogP contribution is 2.26. The molecule has 1 rings (SSSR count). The first-order valence-electron chi connectivity index (χ1n) is 27.7. The molecule has 67 heavy (non-hydrogen) atoms. The average molecular weight is 974 g/mol. The van der Waals surface area contributed by atoms with E-state index in [9.17, 15) is 38.2 Å². The molecule has 13 heteroatoms. The first-order chi connectivity index (χ1) is 32.5. The van der Waals surface area contributed by atoms with E-state index in [1.807, 2.05) is 0 Å². The molecular weight excluding hydrogens is 871 g/mol. The Morgan fingerprint density at radius 1 is 0.597 bits per heavy atom. The van der Waals surface area contributed by atoms with Crippen molar-refractivity contribution >= 4 is 16.3 Å². The second-order valence-corrected chi connectivity index (χ2v) is 20.6. The maximum Gasteiger partial charge on any atom is 0.397 e. The molecule has 7 atom stereocenters. The van der Waals surface area contributed by atoms with Crippen molar-refractivity contribution in [3.63, 3.8) is 0 Å². The van der Waals surface area contributed by atoms with E-state index < -0.39 is 59.9 Å². The van der Waals surface area contributed by atoms with Crippen LogP contribution in [0.5, 0.6) is 0 Å². The third-order valence-electron chi connectivity index (χ3n) is 13.3. The number of allylic oxidation sites excluding steroid dienone is 4. The van der Waals surface area contributed by atoms with Gasteiger partial charge in [0.2, 0.25) is 5.91 Å². The quantitative estimate of drug-likeness (QED) is 0.0193. The summed E-state index contributed by atoms with van der Waals surface area (Å²) >= 11 is 0. The van der Waals surface area contributed by atoms with E-state index in [2.05, 4.69) is 47.7 Å². The number of aliphatic hydroxyl groups excluding tert-OH is 4. The summed E-state index contributed by atoms with van der Waals surface area (Å²) in [6, 6.07) is -0.855. The molecule has 1 saturated heterocycles. The lowest BCUT2D eigenvalue weighted by Gasteiger charge is -2.41. The van der Waals surface area contributed by atoms with E-state index in [0.717, 1.165) is 57.8 Å². The van der Waals surface area contributed by atoms with Gasteiger partial charge in [0.1, 0.15) is 24.4 Å². The van der Waals surface area contributed by atoms with Crippen molar-refractivity contribution in [2.75, 3.05) is 13.2 Å². The Hall–Kier alpha value is -1.42. The number of hydrogen-bond acceptors (Lipinski definition) is 10. The molecule has 12 nitrogen and oxygen atoms in total. The zero-order valence-corrected chi connectivity index (χ0v) is 43.5. The summed E-state index contributed by atoms with van der Waals surface area (Å²) in [7, 11) is -5.07. The van der Waals surface area contributed by atoms with E-state index in [1.54, 1.807) is 0 Å². The molecule has 1 aliphatic rings. The molecule has 1 fully saturated rings. The van der Waals surface area contributed by atoms with Crippen molar-refractivity contribution in [2.45, 2.75) is 301 Å². The van der Waals surface area contributed by atoms with Gasteiger partial charge in [-0.2, -0.15) is 8.42 Å². The zero-order chi connectivity index (χ0) is 49.1. The standard InChI is InChI=1S/C54H103NO11S/c1-3-5-7-9-11-13-14-15-16-17-18-19-20-21-22-23-24-25-26-27-28-29-30-31-32-33-34-36-38-40-42-44-50(58)55-47(48(57)43-41-39-37-35-12-10-8-6-4-2)46-64-54-52(60)53(66-67(61,62)63)51(59)49(45-56)65-54/h18-19,21-22,47-49,51-54,56-57,59-60H,3-17,20,23-46H2,1-2H3,(H,55,58)(H,61,62,63)/b19-18-,22-21-. The molecular formula is C54H103NO11S. The molecule has 0 saturated carbocycles. The Labute approximate surface area is 410 Å². The van der Waals surface area contributed by atoms with Crippen LogP contribution < -0.4 is 5.32 Å². The first-order valence-corrected chi connectivity index (χ1v) is 29.1. The van der Waals surface area contributed by atoms with Crippen molar-refractivity contribution in [3.8, 4) is 0 Å². The fourth-order valence-electron chi connectivity index (χ4n) is 8.96. The van der Waals surface area contributed by atoms with Crippen LogP contribution in [0.3, 0.4) is 0 Å². The molecule has 0 aromatic carbocycles. The number of carbonyl (C=O) groups is 1. The molecule has 0 spiro atoms. The number of ether oxygens (including phenoxy) is 2. The highest BCUT2D eigenvalue weighted by molar-refractivity contribution is 7.80. The molecule has 7 unspecified atom stereocenters. The number of hydrogen-bond donors (Lipinski definition) is 6. The van der Waals surface area contributed by atoms with Gasteiger partial charge in [-0.1, -0.05) is 231 Å². The third kappa shape index (κ3) is 37.1. The summed E-state index contributed by atoms with van der Waals surface area (Å²) in [4.78, 5) is 13.1. The predicted octanol–water partition coefficient (Wildman–Crippen LogP) is 12.5. The molecule has 1 aliphatic heterocycles. The van der Waals surface area contributed by atoms with Gasteiger partial charge >= 0.3 is 10.4 Å². The van der Waals surface area contributed by atoms with Crippen molar-refractivity contribution in [3.05, 3.63) is 24.3 Å². The molecule has 0 bridgehead atoms. The summed E-state index contributed by atoms with van der Waals surface area (Å²) in [5.41, 5.74) is 0. The van der Waals surface area contributed by atoms with Crippen LogP contribution in [0.2, 0.25) is 0 Å². The van der Waals surface area contributed by atoms with Gasteiger partial charge in [0.05, 0.1) is 25.4 Å². The van der Waals surface area contributed by atoms with Gasteiger partial charge in [-0.05, 0) is 44.9 Å². The van der Waals surface area contributed by atoms with Gasteiger partial charge in [0.15, 0.2) is 6.29 Å². The normalized spacial score (nSPS) is 20.0. The van der Waals surface area contributed by atoms with Crippen molar-refractivity contribution < 1.29 is 51.8 Å². The molecule has 6 N–H and O–H groups in total. The third-order valence-corrected chi connectivity index (χ3v) is 13.7. The molecule has 0 aromatic heterocycles. The highest BCUT2D eigenvalue weighted by atomic mass is 32.3. The second-order valence-electron chi connectivity index (χ2n) is 19.5. The SMILES string of the molecule is CCCCCCCCCCC/C=C\C/C=C\CCCCCCCCCCCCCCCCCC(=O)NC(COC1OC(CO)C(O)C(OS(=O)(=O)O)C1O)C(O)CCCCCCCCCCC. The summed E-state index contributed by atoms with van der Waals surface area (Å²) in [6.45, 7) is 3.43. The largest absolute Gasteiger partial charge is 0.397 e. The maximum absolute atomic E-state index is 13.1. The van der Waals surface area contributed by atoms with Gasteiger partial charge in [0.25, 0.3) is 0 Å². The topological polar surface area (TPSA) is 192 Å². The number of aliphatic hydroxyl groups is 4. The Balaban J connectivity index is 2.20. The zero-order valence-electron chi connectivity index (χ0n) is 42.7. The van der Waals surface area contributed by atoms with Crippen LogP contribution in [0.25, 0.3) is 0 Å². The van der Waals surface area contributed by atoms with Crippen molar-refractivity contribution in [1.29, 1.82) is 0 Å². The van der Waals surface area contributed by atoms with E-state index in [0.29, 0.717) is 12.8 Å². The Morgan fingerprint density at radius 2 is 1.00 bits per heavy atom. The Bertz CT molecular complexity index is 1280. The summed E-state index contributed by atoms with van der Waals surface area (Å²) < 4.78 is 47.7. The lowest BCUT2D eigenvalue weighted by atomic mass is 9.99. The fourth-order valence-corrected chi connectivity index (χ4v) is 9.47. The number of amides is 1. The van der Waals surface area contributed by atoms with Gasteiger partial charge in [-0.15, -0.1) is 0 Å². The van der Waals surface area contributed by atoms with Crippen LogP contribution in [0.15, 0.2) is 24.3 Å².